The number of carbonyl (C=O) groups excluding carboxylic acids is 1. The molecule has 0 aliphatic carbocycles. The predicted molar refractivity (Wildman–Crippen MR) is 39.8 cm³/mol. The van der Waals surface area contributed by atoms with E-state index >= 15 is 0 Å². The summed E-state index contributed by atoms with van der Waals surface area (Å²) in [6.45, 7) is 4.54. The van der Waals surface area contributed by atoms with Crippen LogP contribution in [0.25, 0.3) is 0 Å². The molecule has 1 unspecified atom stereocenters. The van der Waals surface area contributed by atoms with Crippen LogP contribution in [0, 0.1) is 0 Å². The van der Waals surface area contributed by atoms with Crippen LogP contribution >= 0.6 is 12.6 Å². The Hall–Kier alpha value is -0.0200. The van der Waals surface area contributed by atoms with Gasteiger partial charge in [0.25, 0.3) is 0 Å². The highest BCUT2D eigenvalue weighted by molar-refractivity contribution is 7.81. The molecule has 0 fully saturated rings. The van der Waals surface area contributed by atoms with Crippen LogP contribution in [-0.2, 0) is 4.79 Å². The highest BCUT2D eigenvalue weighted by Gasteiger charge is 2.26. The first-order valence-corrected chi connectivity index (χ1v) is 3.28. The minimum atomic E-state index is -1.01. The van der Waals surface area contributed by atoms with Crippen LogP contribution in [0.1, 0.15) is 20.8 Å². The lowest BCUT2D eigenvalue weighted by molar-refractivity contribution is -0.119. The monoisotopic (exact) mass is 148 g/mol. The molecule has 0 aromatic rings. The Morgan fingerprint density at radius 1 is 1.67 bits per heavy atom. The summed E-state index contributed by atoms with van der Waals surface area (Å²) in [6, 6.07) is 0. The molecule has 0 amide bonds. The number of aliphatic hydroxyl groups is 1. The summed E-state index contributed by atoms with van der Waals surface area (Å²) in [6.07, 6.45) is 0. The Balaban J connectivity index is 4.04. The first kappa shape index (κ1) is 8.98. The van der Waals surface area contributed by atoms with Crippen LogP contribution in [-0.4, -0.2) is 21.7 Å². The lowest BCUT2D eigenvalue weighted by atomic mass is 10.0. The molecule has 0 aliphatic heterocycles. The van der Waals surface area contributed by atoms with Gasteiger partial charge in [-0.3, -0.25) is 4.79 Å². The van der Waals surface area contributed by atoms with Crippen LogP contribution in [0.15, 0.2) is 0 Å². The summed E-state index contributed by atoms with van der Waals surface area (Å²) in [5.74, 6) is -0.106. The predicted octanol–water partition coefficient (Wildman–Crippen LogP) is 0.645. The van der Waals surface area contributed by atoms with E-state index in [0.717, 1.165) is 0 Å². The summed E-state index contributed by atoms with van der Waals surface area (Å²) in [4.78, 5) is 10.6. The smallest absolute Gasteiger partial charge is 0.145 e. The zero-order valence-electron chi connectivity index (χ0n) is 5.88. The third-order valence-electron chi connectivity index (χ3n) is 1.05. The quantitative estimate of drug-likeness (QED) is 0.564. The van der Waals surface area contributed by atoms with Gasteiger partial charge in [0.15, 0.2) is 0 Å². The van der Waals surface area contributed by atoms with Gasteiger partial charge in [-0.05, 0) is 20.8 Å². The lowest BCUT2D eigenvalue weighted by Crippen LogP contribution is -2.36. The van der Waals surface area contributed by atoms with E-state index in [2.05, 4.69) is 12.6 Å². The van der Waals surface area contributed by atoms with E-state index < -0.39 is 10.9 Å². The molecule has 2 nitrogen and oxygen atoms in total. The largest absolute Gasteiger partial charge is 0.389 e. The van der Waals surface area contributed by atoms with Crippen molar-refractivity contribution in [3.8, 4) is 0 Å². The van der Waals surface area contributed by atoms with Crippen molar-refractivity contribution in [1.82, 2.24) is 0 Å². The number of thiol groups is 1. The standard InChI is InChI=1S/C6H12O2S/c1-4(7)5(9)6(2,3)8/h5,8-9H,1-3H3. The first-order chi connectivity index (χ1) is 3.85. The molecule has 0 saturated carbocycles. The normalized spacial score (nSPS) is 15.2. The average molecular weight is 148 g/mol. The first-order valence-electron chi connectivity index (χ1n) is 2.76. The minimum absolute atomic E-state index is 0.106. The van der Waals surface area contributed by atoms with Crippen LogP contribution < -0.4 is 0 Å². The Morgan fingerprint density at radius 3 is 2.00 bits per heavy atom. The SMILES string of the molecule is CC(=O)C(S)C(C)(C)O. The third kappa shape index (κ3) is 2.87. The highest BCUT2D eigenvalue weighted by atomic mass is 32.1. The van der Waals surface area contributed by atoms with Crippen LogP contribution in [0.5, 0.6) is 0 Å². The van der Waals surface area contributed by atoms with Crippen molar-refractivity contribution < 1.29 is 9.90 Å². The van der Waals surface area contributed by atoms with Gasteiger partial charge in [-0.1, -0.05) is 0 Å². The molecule has 0 heterocycles. The lowest BCUT2D eigenvalue weighted by Gasteiger charge is -2.21. The number of ketones is 1. The van der Waals surface area contributed by atoms with Gasteiger partial charge in [0.2, 0.25) is 0 Å². The van der Waals surface area contributed by atoms with E-state index in [-0.39, 0.29) is 5.78 Å². The van der Waals surface area contributed by atoms with Crippen molar-refractivity contribution in [2.75, 3.05) is 0 Å². The van der Waals surface area contributed by atoms with Crippen molar-refractivity contribution in [1.29, 1.82) is 0 Å². The molecular weight excluding hydrogens is 136 g/mol. The fraction of sp³-hybridized carbons (Fsp3) is 0.833. The molecule has 3 heteroatoms. The molecule has 9 heavy (non-hydrogen) atoms. The minimum Gasteiger partial charge on any atom is -0.389 e. The Bertz CT molecular complexity index is 115. The Morgan fingerprint density at radius 2 is 2.00 bits per heavy atom. The molecule has 0 bridgehead atoms. The van der Waals surface area contributed by atoms with Gasteiger partial charge >= 0.3 is 0 Å². The second kappa shape index (κ2) is 2.71. The van der Waals surface area contributed by atoms with Gasteiger partial charge < -0.3 is 5.11 Å². The molecular formula is C6H12O2S. The third-order valence-corrected chi connectivity index (χ3v) is 2.05. The van der Waals surface area contributed by atoms with Crippen molar-refractivity contribution >= 4 is 18.4 Å². The van der Waals surface area contributed by atoms with Crippen LogP contribution in [0.2, 0.25) is 0 Å². The molecule has 0 saturated heterocycles. The summed E-state index contributed by atoms with van der Waals surface area (Å²) >= 11 is 3.91. The number of rotatable bonds is 2. The maximum atomic E-state index is 10.6. The van der Waals surface area contributed by atoms with E-state index in [4.69, 9.17) is 5.11 Å². The average Bonchev–Trinajstić information content (AvgIpc) is 1.62. The van der Waals surface area contributed by atoms with Gasteiger partial charge in [-0.2, -0.15) is 12.6 Å². The van der Waals surface area contributed by atoms with E-state index in [0.29, 0.717) is 0 Å². The zero-order chi connectivity index (χ0) is 7.65. The number of hydrogen-bond donors (Lipinski definition) is 2. The van der Waals surface area contributed by atoms with Gasteiger partial charge in [0, 0.05) is 0 Å². The Labute approximate surface area is 60.7 Å². The molecule has 0 spiro atoms. The van der Waals surface area contributed by atoms with Gasteiger partial charge in [-0.15, -0.1) is 0 Å². The second-order valence-corrected chi connectivity index (χ2v) is 3.18. The maximum absolute atomic E-state index is 10.6. The number of Topliss-reactive ketones (excluding diaryl/α,β-unsaturated/α-hetero) is 1. The fourth-order valence-electron chi connectivity index (χ4n) is 0.497. The summed E-state index contributed by atoms with van der Waals surface area (Å²) in [7, 11) is 0. The second-order valence-electron chi connectivity index (χ2n) is 2.67. The summed E-state index contributed by atoms with van der Waals surface area (Å²) in [5.41, 5.74) is -1.01. The molecule has 0 aromatic carbocycles. The maximum Gasteiger partial charge on any atom is 0.145 e. The molecule has 0 radical (unpaired) electrons. The summed E-state index contributed by atoms with van der Waals surface area (Å²) in [5, 5.41) is 8.59. The van der Waals surface area contributed by atoms with Crippen molar-refractivity contribution in [3.05, 3.63) is 0 Å². The van der Waals surface area contributed by atoms with Crippen molar-refractivity contribution in [3.63, 3.8) is 0 Å². The van der Waals surface area contributed by atoms with Gasteiger partial charge in [0.05, 0.1) is 10.9 Å². The van der Waals surface area contributed by atoms with E-state index in [9.17, 15) is 4.79 Å². The molecule has 0 aliphatic rings. The highest BCUT2D eigenvalue weighted by Crippen LogP contribution is 2.14. The van der Waals surface area contributed by atoms with E-state index in [1.54, 1.807) is 13.8 Å². The van der Waals surface area contributed by atoms with Crippen LogP contribution in [0.3, 0.4) is 0 Å². The number of hydrogen-bond acceptors (Lipinski definition) is 3. The summed E-state index contributed by atoms with van der Waals surface area (Å²) < 4.78 is 0. The molecule has 54 valence electrons. The Kier molecular flexibility index (Phi) is 2.70. The zero-order valence-corrected chi connectivity index (χ0v) is 6.77. The molecule has 0 rings (SSSR count). The van der Waals surface area contributed by atoms with Gasteiger partial charge in [-0.25, -0.2) is 0 Å². The van der Waals surface area contributed by atoms with Crippen molar-refractivity contribution in [2.24, 2.45) is 0 Å². The molecule has 1 N–H and O–H groups in total. The number of carbonyl (C=O) groups is 1. The topological polar surface area (TPSA) is 37.3 Å². The van der Waals surface area contributed by atoms with E-state index in [1.807, 2.05) is 0 Å². The molecule has 1 atom stereocenters. The van der Waals surface area contributed by atoms with Gasteiger partial charge in [0.1, 0.15) is 5.78 Å². The fourth-order valence-corrected chi connectivity index (χ4v) is 0.497. The van der Waals surface area contributed by atoms with E-state index in [1.165, 1.54) is 6.92 Å². The van der Waals surface area contributed by atoms with Crippen LogP contribution in [0.4, 0.5) is 0 Å². The van der Waals surface area contributed by atoms with Crippen molar-refractivity contribution in [2.45, 2.75) is 31.6 Å². The molecule has 0 aromatic heterocycles.